The minimum Gasteiger partial charge on any atom is -0.349 e. The van der Waals surface area contributed by atoms with E-state index in [1.54, 1.807) is 35.6 Å². The summed E-state index contributed by atoms with van der Waals surface area (Å²) in [4.78, 5) is 26.3. The number of amides is 2. The van der Waals surface area contributed by atoms with Gasteiger partial charge in [0.1, 0.15) is 6.04 Å². The summed E-state index contributed by atoms with van der Waals surface area (Å²) in [5.41, 5.74) is 1.44. The first-order chi connectivity index (χ1) is 13.1. The molecule has 27 heavy (non-hydrogen) atoms. The van der Waals surface area contributed by atoms with Gasteiger partial charge in [-0.15, -0.1) is 11.3 Å². The van der Waals surface area contributed by atoms with Crippen LogP contribution < -0.4 is 10.6 Å². The summed E-state index contributed by atoms with van der Waals surface area (Å²) in [6.45, 7) is 0.443. The molecule has 6 heteroatoms. The van der Waals surface area contributed by atoms with Crippen molar-refractivity contribution in [2.24, 2.45) is 0 Å². The zero-order valence-corrected chi connectivity index (χ0v) is 16.1. The van der Waals surface area contributed by atoms with E-state index in [9.17, 15) is 9.59 Å². The molecule has 1 heterocycles. The quantitative estimate of drug-likeness (QED) is 0.630. The normalized spacial score (nSPS) is 11.6. The molecule has 0 bridgehead atoms. The minimum atomic E-state index is -0.671. The van der Waals surface area contributed by atoms with Crippen molar-refractivity contribution in [3.63, 3.8) is 0 Å². The Balaban J connectivity index is 1.70. The van der Waals surface area contributed by atoms with Gasteiger partial charge in [0, 0.05) is 21.9 Å². The number of hydrogen-bond acceptors (Lipinski definition) is 3. The zero-order valence-electron chi connectivity index (χ0n) is 14.5. The highest BCUT2D eigenvalue weighted by atomic mass is 35.5. The van der Waals surface area contributed by atoms with Crippen LogP contribution >= 0.6 is 22.9 Å². The third kappa shape index (κ3) is 5.67. The van der Waals surface area contributed by atoms with E-state index in [-0.39, 0.29) is 11.8 Å². The molecule has 0 radical (unpaired) electrons. The summed E-state index contributed by atoms with van der Waals surface area (Å²) in [6.07, 6.45) is 0.413. The molecule has 0 saturated carbocycles. The highest BCUT2D eigenvalue weighted by Gasteiger charge is 2.22. The first-order valence-electron chi connectivity index (χ1n) is 8.52. The fourth-order valence-electron chi connectivity index (χ4n) is 2.61. The Labute approximate surface area is 167 Å². The van der Waals surface area contributed by atoms with Gasteiger partial charge in [-0.2, -0.15) is 0 Å². The predicted octanol–water partition coefficient (Wildman–Crippen LogP) is 4.06. The average Bonchev–Trinajstić information content (AvgIpc) is 3.20. The van der Waals surface area contributed by atoms with Gasteiger partial charge >= 0.3 is 0 Å². The first kappa shape index (κ1) is 19.1. The van der Waals surface area contributed by atoms with Gasteiger partial charge in [0.25, 0.3) is 5.91 Å². The Hall–Kier alpha value is -2.63. The SMILES string of the molecule is O=C(NC(Cc1ccccc1)C(=O)NCc1cccs1)c1ccc(Cl)cc1. The molecule has 0 aliphatic heterocycles. The van der Waals surface area contributed by atoms with Crippen molar-refractivity contribution in [2.45, 2.75) is 19.0 Å². The molecule has 0 spiro atoms. The van der Waals surface area contributed by atoms with E-state index in [0.29, 0.717) is 23.6 Å². The number of halogens is 1. The van der Waals surface area contributed by atoms with Crippen LogP contribution in [0.5, 0.6) is 0 Å². The molecule has 0 aliphatic carbocycles. The molecule has 138 valence electrons. The minimum absolute atomic E-state index is 0.213. The van der Waals surface area contributed by atoms with Gasteiger partial charge in [0.05, 0.1) is 6.54 Å². The number of thiophene rings is 1. The second kappa shape index (κ2) is 9.35. The van der Waals surface area contributed by atoms with Crippen LogP contribution in [0.4, 0.5) is 0 Å². The van der Waals surface area contributed by atoms with E-state index in [2.05, 4.69) is 10.6 Å². The van der Waals surface area contributed by atoms with Crippen LogP contribution in [0.1, 0.15) is 20.8 Å². The third-order valence-corrected chi connectivity index (χ3v) is 5.16. The maximum atomic E-state index is 12.7. The molecule has 2 amide bonds. The van der Waals surface area contributed by atoms with Gasteiger partial charge in [-0.25, -0.2) is 0 Å². The smallest absolute Gasteiger partial charge is 0.251 e. The van der Waals surface area contributed by atoms with Gasteiger partial charge in [0.2, 0.25) is 5.91 Å². The molecule has 2 aromatic carbocycles. The summed E-state index contributed by atoms with van der Waals surface area (Å²) < 4.78 is 0. The third-order valence-electron chi connectivity index (χ3n) is 4.03. The van der Waals surface area contributed by atoms with Crippen LogP contribution in [0.3, 0.4) is 0 Å². The molecule has 1 aromatic heterocycles. The fourth-order valence-corrected chi connectivity index (χ4v) is 3.38. The molecule has 0 fully saturated rings. The van der Waals surface area contributed by atoms with Crippen molar-refractivity contribution >= 4 is 34.8 Å². The molecule has 1 atom stereocenters. The second-order valence-electron chi connectivity index (χ2n) is 6.02. The van der Waals surface area contributed by atoms with Crippen molar-refractivity contribution in [3.05, 3.63) is 93.1 Å². The van der Waals surface area contributed by atoms with E-state index in [1.165, 1.54) is 0 Å². The van der Waals surface area contributed by atoms with E-state index in [1.807, 2.05) is 47.8 Å². The van der Waals surface area contributed by atoms with E-state index in [0.717, 1.165) is 10.4 Å². The predicted molar refractivity (Wildman–Crippen MR) is 109 cm³/mol. The highest BCUT2D eigenvalue weighted by Crippen LogP contribution is 2.11. The van der Waals surface area contributed by atoms with Crippen LogP contribution in [0, 0.1) is 0 Å². The van der Waals surface area contributed by atoms with Crippen LogP contribution in [-0.4, -0.2) is 17.9 Å². The van der Waals surface area contributed by atoms with Crippen LogP contribution in [-0.2, 0) is 17.8 Å². The number of carbonyl (C=O) groups is 2. The molecule has 1 unspecified atom stereocenters. The molecule has 0 aliphatic rings. The first-order valence-corrected chi connectivity index (χ1v) is 9.78. The van der Waals surface area contributed by atoms with Crippen molar-refractivity contribution in [3.8, 4) is 0 Å². The van der Waals surface area contributed by atoms with Gasteiger partial charge in [0.15, 0.2) is 0 Å². The summed E-state index contributed by atoms with van der Waals surface area (Å²) in [5.74, 6) is -0.520. The highest BCUT2D eigenvalue weighted by molar-refractivity contribution is 7.09. The fraction of sp³-hybridized carbons (Fsp3) is 0.143. The van der Waals surface area contributed by atoms with Gasteiger partial charge in [-0.1, -0.05) is 48.0 Å². The maximum Gasteiger partial charge on any atom is 0.251 e. The van der Waals surface area contributed by atoms with Crippen LogP contribution in [0.15, 0.2) is 72.1 Å². The van der Waals surface area contributed by atoms with Crippen molar-refractivity contribution in [1.82, 2.24) is 10.6 Å². The lowest BCUT2D eigenvalue weighted by atomic mass is 10.0. The Kier molecular flexibility index (Phi) is 6.63. The van der Waals surface area contributed by atoms with Gasteiger partial charge in [-0.3, -0.25) is 9.59 Å². The Morgan fingerprint density at radius 1 is 0.963 bits per heavy atom. The molecular weight excluding hydrogens is 380 g/mol. The van der Waals surface area contributed by atoms with Crippen molar-refractivity contribution < 1.29 is 9.59 Å². The number of benzene rings is 2. The zero-order chi connectivity index (χ0) is 19.1. The monoisotopic (exact) mass is 398 g/mol. The van der Waals surface area contributed by atoms with E-state index >= 15 is 0 Å². The summed E-state index contributed by atoms with van der Waals surface area (Å²) in [5, 5.41) is 8.27. The lowest BCUT2D eigenvalue weighted by Gasteiger charge is -2.18. The summed E-state index contributed by atoms with van der Waals surface area (Å²) in [7, 11) is 0. The maximum absolute atomic E-state index is 12.7. The van der Waals surface area contributed by atoms with E-state index < -0.39 is 6.04 Å². The van der Waals surface area contributed by atoms with Crippen LogP contribution in [0.2, 0.25) is 5.02 Å². The van der Waals surface area contributed by atoms with Gasteiger partial charge in [-0.05, 0) is 41.3 Å². The molecule has 4 nitrogen and oxygen atoms in total. The Morgan fingerprint density at radius 2 is 1.70 bits per heavy atom. The average molecular weight is 399 g/mol. The number of carbonyl (C=O) groups excluding carboxylic acids is 2. The summed E-state index contributed by atoms with van der Waals surface area (Å²) in [6, 6.07) is 19.4. The Bertz CT molecular complexity index is 880. The van der Waals surface area contributed by atoms with Crippen LogP contribution in [0.25, 0.3) is 0 Å². The van der Waals surface area contributed by atoms with Crippen molar-refractivity contribution in [1.29, 1.82) is 0 Å². The molecular formula is C21H19ClN2O2S. The lowest BCUT2D eigenvalue weighted by Crippen LogP contribution is -2.47. The van der Waals surface area contributed by atoms with Crippen molar-refractivity contribution in [2.75, 3.05) is 0 Å². The molecule has 3 aromatic rings. The molecule has 3 rings (SSSR count). The number of nitrogens with one attached hydrogen (secondary N) is 2. The molecule has 2 N–H and O–H groups in total. The summed E-state index contributed by atoms with van der Waals surface area (Å²) >= 11 is 7.45. The largest absolute Gasteiger partial charge is 0.349 e. The van der Waals surface area contributed by atoms with E-state index in [4.69, 9.17) is 11.6 Å². The lowest BCUT2D eigenvalue weighted by molar-refractivity contribution is -0.123. The number of hydrogen-bond donors (Lipinski definition) is 2. The topological polar surface area (TPSA) is 58.2 Å². The number of rotatable bonds is 7. The molecule has 0 saturated heterocycles. The Morgan fingerprint density at radius 3 is 2.37 bits per heavy atom. The second-order valence-corrected chi connectivity index (χ2v) is 7.49. The standard InChI is InChI=1S/C21H19ClN2O2S/c22-17-10-8-16(9-11-17)20(25)24-19(13-15-5-2-1-3-6-15)21(26)23-14-18-7-4-12-27-18/h1-12,19H,13-14H2,(H,23,26)(H,24,25). The van der Waals surface area contributed by atoms with Gasteiger partial charge < -0.3 is 10.6 Å².